The quantitative estimate of drug-likeness (QED) is 0.623. The third-order valence-electron chi connectivity index (χ3n) is 4.83. The third kappa shape index (κ3) is 4.29. The molecule has 0 saturated heterocycles. The van der Waals surface area contributed by atoms with Crippen LogP contribution in [0.3, 0.4) is 0 Å². The van der Waals surface area contributed by atoms with Crippen LogP contribution in [0.15, 0.2) is 17.7 Å². The molecule has 6 nitrogen and oxygen atoms in total. The van der Waals surface area contributed by atoms with E-state index >= 15 is 0 Å². The lowest BCUT2D eigenvalue weighted by molar-refractivity contribution is -0.118. The van der Waals surface area contributed by atoms with Crippen molar-refractivity contribution in [2.45, 2.75) is 38.6 Å². The monoisotopic (exact) mass is 358 g/mol. The molecule has 0 radical (unpaired) electrons. The predicted molar refractivity (Wildman–Crippen MR) is 99.3 cm³/mol. The first-order valence-corrected chi connectivity index (χ1v) is 8.77. The van der Waals surface area contributed by atoms with E-state index in [1.807, 2.05) is 6.07 Å². The Morgan fingerprint density at radius 1 is 1.15 bits per heavy atom. The lowest BCUT2D eigenvalue weighted by Gasteiger charge is -2.29. The zero-order valence-corrected chi connectivity index (χ0v) is 15.8. The molecule has 140 valence electrons. The summed E-state index contributed by atoms with van der Waals surface area (Å²) < 4.78 is 16.0. The molecule has 0 heterocycles. The zero-order valence-electron chi connectivity index (χ0n) is 15.8. The van der Waals surface area contributed by atoms with Crippen LogP contribution in [0.1, 0.15) is 38.2 Å². The average Bonchev–Trinajstić information content (AvgIpc) is 2.66. The number of rotatable bonds is 6. The molecule has 2 rings (SSSR count). The van der Waals surface area contributed by atoms with E-state index in [0.29, 0.717) is 28.7 Å². The average molecular weight is 358 g/mol. The predicted octanol–water partition coefficient (Wildman–Crippen LogP) is 3.31. The van der Waals surface area contributed by atoms with Crippen molar-refractivity contribution < 1.29 is 19.0 Å². The maximum Gasteiger partial charge on any atom is 0.262 e. The van der Waals surface area contributed by atoms with Gasteiger partial charge in [-0.05, 0) is 37.0 Å². The number of hydrogen-bond acceptors (Lipinski definition) is 5. The number of methoxy groups -OCH3 is 3. The summed E-state index contributed by atoms with van der Waals surface area (Å²) in [6, 6.07) is 5.55. The number of hydrogen-bond donors (Lipinski definition) is 1. The summed E-state index contributed by atoms with van der Waals surface area (Å²) in [5.41, 5.74) is 0.613. The van der Waals surface area contributed by atoms with Crippen molar-refractivity contribution in [3.63, 3.8) is 0 Å². The molecule has 1 aliphatic carbocycles. The SMILES string of the molecule is COc1ccc(/C=C(\C#N)C(=O)N[C@@H]2CCCC[C@H]2C)c(OC)c1OC. The maximum absolute atomic E-state index is 12.6. The highest BCUT2D eigenvalue weighted by Gasteiger charge is 2.24. The first-order chi connectivity index (χ1) is 12.5. The molecule has 1 aromatic carbocycles. The molecule has 6 heteroatoms. The molecular formula is C20H26N2O4. The van der Waals surface area contributed by atoms with Crippen LogP contribution in [-0.2, 0) is 4.79 Å². The van der Waals surface area contributed by atoms with E-state index < -0.39 is 0 Å². The lowest BCUT2D eigenvalue weighted by Crippen LogP contribution is -2.41. The van der Waals surface area contributed by atoms with E-state index in [-0.39, 0.29) is 17.5 Å². The molecule has 1 fully saturated rings. The first-order valence-electron chi connectivity index (χ1n) is 8.77. The summed E-state index contributed by atoms with van der Waals surface area (Å²) in [5, 5.41) is 12.5. The van der Waals surface area contributed by atoms with Crippen molar-refractivity contribution in [2.24, 2.45) is 5.92 Å². The van der Waals surface area contributed by atoms with E-state index in [1.165, 1.54) is 33.8 Å². The van der Waals surface area contributed by atoms with Gasteiger partial charge in [0.1, 0.15) is 11.6 Å². The number of nitriles is 1. The van der Waals surface area contributed by atoms with Gasteiger partial charge in [0.15, 0.2) is 11.5 Å². The van der Waals surface area contributed by atoms with Crippen LogP contribution in [0.2, 0.25) is 0 Å². The summed E-state index contributed by atoms with van der Waals surface area (Å²) in [5.74, 6) is 1.41. The third-order valence-corrected chi connectivity index (χ3v) is 4.83. The highest BCUT2D eigenvalue weighted by Crippen LogP contribution is 2.40. The number of nitrogens with one attached hydrogen (secondary N) is 1. The smallest absolute Gasteiger partial charge is 0.262 e. The van der Waals surface area contributed by atoms with Crippen LogP contribution in [0, 0.1) is 17.2 Å². The van der Waals surface area contributed by atoms with Crippen molar-refractivity contribution in [2.75, 3.05) is 21.3 Å². The Hall–Kier alpha value is -2.68. The topological polar surface area (TPSA) is 80.6 Å². The Morgan fingerprint density at radius 2 is 1.85 bits per heavy atom. The second kappa shape index (κ2) is 9.14. The fourth-order valence-corrected chi connectivity index (χ4v) is 3.32. The van der Waals surface area contributed by atoms with Gasteiger partial charge in [-0.15, -0.1) is 0 Å². The molecule has 26 heavy (non-hydrogen) atoms. The first kappa shape index (κ1) is 19.6. The standard InChI is InChI=1S/C20H26N2O4/c1-13-7-5-6-8-16(13)22-20(23)15(12-21)11-14-9-10-17(24-2)19(26-4)18(14)25-3/h9-11,13,16H,5-8H2,1-4H3,(H,22,23)/b15-11+/t13-,16-/m1/s1. The molecule has 0 aliphatic heterocycles. The summed E-state index contributed by atoms with van der Waals surface area (Å²) in [6.07, 6.45) is 5.86. The number of carbonyl (C=O) groups excluding carboxylic acids is 1. The Bertz CT molecular complexity index is 721. The second-order valence-corrected chi connectivity index (χ2v) is 6.44. The summed E-state index contributed by atoms with van der Waals surface area (Å²) in [4.78, 5) is 12.6. The van der Waals surface area contributed by atoms with E-state index in [4.69, 9.17) is 14.2 Å². The normalized spacial score (nSPS) is 20.0. The van der Waals surface area contributed by atoms with E-state index in [1.54, 1.807) is 12.1 Å². The van der Waals surface area contributed by atoms with Gasteiger partial charge in [-0.25, -0.2) is 0 Å². The van der Waals surface area contributed by atoms with Crippen molar-refractivity contribution in [3.8, 4) is 23.3 Å². The van der Waals surface area contributed by atoms with Crippen molar-refractivity contribution in [1.29, 1.82) is 5.26 Å². The Kier molecular flexibility index (Phi) is 6.90. The van der Waals surface area contributed by atoms with Gasteiger partial charge in [0.2, 0.25) is 5.75 Å². The number of nitrogens with zero attached hydrogens (tertiary/aromatic N) is 1. The van der Waals surface area contributed by atoms with Crippen LogP contribution in [0.4, 0.5) is 0 Å². The van der Waals surface area contributed by atoms with Gasteiger partial charge in [0.05, 0.1) is 21.3 Å². The molecular weight excluding hydrogens is 332 g/mol. The molecule has 2 atom stereocenters. The number of carbonyl (C=O) groups is 1. The molecule has 1 N–H and O–H groups in total. The van der Waals surface area contributed by atoms with Gasteiger partial charge < -0.3 is 19.5 Å². The van der Waals surface area contributed by atoms with Crippen LogP contribution in [-0.4, -0.2) is 33.3 Å². The summed E-state index contributed by atoms with van der Waals surface area (Å²) in [7, 11) is 4.55. The molecule has 1 aromatic rings. The fourth-order valence-electron chi connectivity index (χ4n) is 3.32. The van der Waals surface area contributed by atoms with Crippen LogP contribution in [0.25, 0.3) is 6.08 Å². The Labute approximate surface area is 154 Å². The van der Waals surface area contributed by atoms with Crippen LogP contribution < -0.4 is 19.5 Å². The molecule has 0 aromatic heterocycles. The van der Waals surface area contributed by atoms with Gasteiger partial charge in [-0.2, -0.15) is 5.26 Å². The number of ether oxygens (including phenoxy) is 3. The summed E-state index contributed by atoms with van der Waals surface area (Å²) >= 11 is 0. The molecule has 0 bridgehead atoms. The van der Waals surface area contributed by atoms with E-state index in [0.717, 1.165) is 19.3 Å². The fraction of sp³-hybridized carbons (Fsp3) is 0.500. The zero-order chi connectivity index (χ0) is 19.1. The number of benzene rings is 1. The molecule has 1 amide bonds. The van der Waals surface area contributed by atoms with Crippen molar-refractivity contribution in [3.05, 3.63) is 23.3 Å². The summed E-state index contributed by atoms with van der Waals surface area (Å²) in [6.45, 7) is 2.14. The molecule has 1 saturated carbocycles. The molecule has 1 aliphatic rings. The molecule has 0 unspecified atom stereocenters. The van der Waals surface area contributed by atoms with Gasteiger partial charge in [-0.3, -0.25) is 4.79 Å². The van der Waals surface area contributed by atoms with Crippen molar-refractivity contribution in [1.82, 2.24) is 5.32 Å². The Balaban J connectivity index is 2.30. The van der Waals surface area contributed by atoms with E-state index in [2.05, 4.69) is 12.2 Å². The minimum absolute atomic E-state index is 0.0355. The van der Waals surface area contributed by atoms with Crippen molar-refractivity contribution >= 4 is 12.0 Å². The minimum Gasteiger partial charge on any atom is -0.493 e. The highest BCUT2D eigenvalue weighted by molar-refractivity contribution is 6.02. The lowest BCUT2D eigenvalue weighted by atomic mass is 9.86. The van der Waals surface area contributed by atoms with Gasteiger partial charge >= 0.3 is 0 Å². The number of amides is 1. The van der Waals surface area contributed by atoms with Crippen LogP contribution in [0.5, 0.6) is 17.2 Å². The highest BCUT2D eigenvalue weighted by atomic mass is 16.5. The maximum atomic E-state index is 12.6. The van der Waals surface area contributed by atoms with Gasteiger partial charge in [-0.1, -0.05) is 19.8 Å². The van der Waals surface area contributed by atoms with Gasteiger partial charge in [0, 0.05) is 11.6 Å². The van der Waals surface area contributed by atoms with E-state index in [9.17, 15) is 10.1 Å². The minimum atomic E-state index is -0.358. The Morgan fingerprint density at radius 3 is 2.42 bits per heavy atom. The van der Waals surface area contributed by atoms with Crippen LogP contribution >= 0.6 is 0 Å². The van der Waals surface area contributed by atoms with Gasteiger partial charge in [0.25, 0.3) is 5.91 Å². The second-order valence-electron chi connectivity index (χ2n) is 6.44. The largest absolute Gasteiger partial charge is 0.493 e. The molecule has 0 spiro atoms.